The Morgan fingerprint density at radius 2 is 2.00 bits per heavy atom. The summed E-state index contributed by atoms with van der Waals surface area (Å²) < 4.78 is 0. The van der Waals surface area contributed by atoms with Gasteiger partial charge in [0.2, 0.25) is 0 Å². The van der Waals surface area contributed by atoms with Gasteiger partial charge in [-0.25, -0.2) is 0 Å². The maximum atomic E-state index is 9.03. The molecule has 0 spiro atoms. The van der Waals surface area contributed by atoms with Gasteiger partial charge in [-0.2, -0.15) is 0 Å². The molecule has 0 aromatic carbocycles. The molecular formula is C13H23NOS. The van der Waals surface area contributed by atoms with Crippen molar-refractivity contribution in [2.45, 2.75) is 52.1 Å². The van der Waals surface area contributed by atoms with Crippen LogP contribution in [0.5, 0.6) is 0 Å². The Kier molecular flexibility index (Phi) is 5.46. The van der Waals surface area contributed by atoms with Gasteiger partial charge in [0.1, 0.15) is 0 Å². The molecule has 0 saturated heterocycles. The van der Waals surface area contributed by atoms with Crippen molar-refractivity contribution in [3.8, 4) is 0 Å². The highest BCUT2D eigenvalue weighted by molar-refractivity contribution is 7.11. The summed E-state index contributed by atoms with van der Waals surface area (Å²) in [6.45, 7) is 7.69. The van der Waals surface area contributed by atoms with Crippen LogP contribution in [0.25, 0.3) is 0 Å². The molecule has 1 aromatic rings. The summed E-state index contributed by atoms with van der Waals surface area (Å²) in [7, 11) is 0. The predicted octanol–water partition coefficient (Wildman–Crippen LogP) is 2.95. The standard InChI is InChI=1S/C13H23NOS/c1-4-11-6-7-12(16-11)10-14-13(3,5-2)8-9-15/h6-7,14-15H,4-5,8-10H2,1-3H3. The number of aliphatic hydroxyl groups is 1. The van der Waals surface area contributed by atoms with E-state index in [2.05, 4.69) is 38.2 Å². The predicted molar refractivity (Wildman–Crippen MR) is 70.9 cm³/mol. The zero-order valence-electron chi connectivity index (χ0n) is 10.5. The number of thiophene rings is 1. The summed E-state index contributed by atoms with van der Waals surface area (Å²) in [5.74, 6) is 0. The molecule has 3 heteroatoms. The lowest BCUT2D eigenvalue weighted by Crippen LogP contribution is -2.41. The van der Waals surface area contributed by atoms with Crippen LogP contribution in [-0.2, 0) is 13.0 Å². The average Bonchev–Trinajstić information content (AvgIpc) is 2.75. The molecule has 0 aliphatic rings. The van der Waals surface area contributed by atoms with Gasteiger partial charge in [-0.3, -0.25) is 0 Å². The van der Waals surface area contributed by atoms with Gasteiger partial charge in [0, 0.05) is 28.4 Å². The number of hydrogen-bond donors (Lipinski definition) is 2. The largest absolute Gasteiger partial charge is 0.396 e. The monoisotopic (exact) mass is 241 g/mol. The highest BCUT2D eigenvalue weighted by Gasteiger charge is 2.20. The molecule has 0 amide bonds. The summed E-state index contributed by atoms with van der Waals surface area (Å²) in [5.41, 5.74) is 0.0606. The van der Waals surface area contributed by atoms with Crippen molar-refractivity contribution in [1.29, 1.82) is 0 Å². The van der Waals surface area contributed by atoms with Crippen molar-refractivity contribution in [3.05, 3.63) is 21.9 Å². The summed E-state index contributed by atoms with van der Waals surface area (Å²) in [4.78, 5) is 2.83. The maximum absolute atomic E-state index is 9.03. The first kappa shape index (κ1) is 13.7. The maximum Gasteiger partial charge on any atom is 0.0448 e. The SMILES string of the molecule is CCc1ccc(CNC(C)(CC)CCO)s1. The summed E-state index contributed by atoms with van der Waals surface area (Å²) in [6, 6.07) is 4.41. The lowest BCUT2D eigenvalue weighted by atomic mass is 9.95. The molecule has 1 aromatic heterocycles. The van der Waals surface area contributed by atoms with Crippen LogP contribution >= 0.6 is 11.3 Å². The molecule has 1 heterocycles. The normalized spacial score (nSPS) is 15.0. The minimum Gasteiger partial charge on any atom is -0.396 e. The quantitative estimate of drug-likeness (QED) is 0.769. The Labute approximate surface area is 103 Å². The number of aryl methyl sites for hydroxylation is 1. The van der Waals surface area contributed by atoms with Crippen molar-refractivity contribution in [2.24, 2.45) is 0 Å². The first-order valence-electron chi connectivity index (χ1n) is 6.07. The molecule has 0 aliphatic heterocycles. The molecule has 2 nitrogen and oxygen atoms in total. The van der Waals surface area contributed by atoms with Gasteiger partial charge >= 0.3 is 0 Å². The second-order valence-electron chi connectivity index (χ2n) is 4.46. The minimum atomic E-state index is 0.0606. The molecular weight excluding hydrogens is 218 g/mol. The molecule has 2 N–H and O–H groups in total. The number of rotatable bonds is 7. The van der Waals surface area contributed by atoms with Gasteiger partial charge in [-0.1, -0.05) is 13.8 Å². The first-order valence-corrected chi connectivity index (χ1v) is 6.88. The van der Waals surface area contributed by atoms with E-state index in [4.69, 9.17) is 5.11 Å². The van der Waals surface area contributed by atoms with Crippen molar-refractivity contribution in [2.75, 3.05) is 6.61 Å². The van der Waals surface area contributed by atoms with Crippen LogP contribution in [0, 0.1) is 0 Å². The van der Waals surface area contributed by atoms with Crippen LogP contribution in [0.2, 0.25) is 0 Å². The van der Waals surface area contributed by atoms with E-state index < -0.39 is 0 Å². The highest BCUT2D eigenvalue weighted by atomic mass is 32.1. The smallest absolute Gasteiger partial charge is 0.0448 e. The fourth-order valence-electron chi connectivity index (χ4n) is 1.64. The van der Waals surface area contributed by atoms with Crippen LogP contribution < -0.4 is 5.32 Å². The van der Waals surface area contributed by atoms with Gasteiger partial charge in [-0.05, 0) is 38.3 Å². The van der Waals surface area contributed by atoms with Gasteiger partial charge in [0.15, 0.2) is 0 Å². The minimum absolute atomic E-state index is 0.0606. The van der Waals surface area contributed by atoms with Crippen LogP contribution in [-0.4, -0.2) is 17.3 Å². The lowest BCUT2D eigenvalue weighted by molar-refractivity contribution is 0.215. The summed E-state index contributed by atoms with van der Waals surface area (Å²) in [5, 5.41) is 12.6. The van der Waals surface area contributed by atoms with Crippen LogP contribution in [0.15, 0.2) is 12.1 Å². The van der Waals surface area contributed by atoms with Crippen molar-refractivity contribution < 1.29 is 5.11 Å². The van der Waals surface area contributed by atoms with E-state index in [0.29, 0.717) is 0 Å². The Morgan fingerprint density at radius 1 is 1.31 bits per heavy atom. The fraction of sp³-hybridized carbons (Fsp3) is 0.692. The molecule has 1 unspecified atom stereocenters. The van der Waals surface area contributed by atoms with E-state index in [1.807, 2.05) is 11.3 Å². The summed E-state index contributed by atoms with van der Waals surface area (Å²) in [6.07, 6.45) is 2.97. The van der Waals surface area contributed by atoms with Gasteiger partial charge in [0.05, 0.1) is 0 Å². The Hall–Kier alpha value is -0.380. The summed E-state index contributed by atoms with van der Waals surface area (Å²) >= 11 is 1.88. The molecule has 0 bridgehead atoms. The van der Waals surface area contributed by atoms with Crippen molar-refractivity contribution >= 4 is 11.3 Å². The number of hydrogen-bond acceptors (Lipinski definition) is 3. The zero-order chi connectivity index (χ0) is 12.0. The van der Waals surface area contributed by atoms with Gasteiger partial charge < -0.3 is 10.4 Å². The Balaban J connectivity index is 2.48. The molecule has 1 rings (SSSR count). The van der Waals surface area contributed by atoms with E-state index in [-0.39, 0.29) is 12.1 Å². The number of aliphatic hydroxyl groups excluding tert-OH is 1. The third-order valence-electron chi connectivity index (χ3n) is 3.20. The van der Waals surface area contributed by atoms with Crippen molar-refractivity contribution in [3.63, 3.8) is 0 Å². The molecule has 0 saturated carbocycles. The molecule has 0 fully saturated rings. The average molecular weight is 241 g/mol. The topological polar surface area (TPSA) is 32.3 Å². The van der Waals surface area contributed by atoms with Crippen LogP contribution in [0.1, 0.15) is 43.4 Å². The van der Waals surface area contributed by atoms with E-state index >= 15 is 0 Å². The number of nitrogens with one attached hydrogen (secondary N) is 1. The van der Waals surface area contributed by atoms with Crippen LogP contribution in [0.3, 0.4) is 0 Å². The fourth-order valence-corrected chi connectivity index (χ4v) is 2.54. The van der Waals surface area contributed by atoms with Crippen molar-refractivity contribution in [1.82, 2.24) is 5.32 Å². The third kappa shape index (κ3) is 3.89. The lowest BCUT2D eigenvalue weighted by Gasteiger charge is -2.28. The Morgan fingerprint density at radius 3 is 2.50 bits per heavy atom. The van der Waals surface area contributed by atoms with E-state index in [1.165, 1.54) is 9.75 Å². The second kappa shape index (κ2) is 6.38. The molecule has 1 atom stereocenters. The second-order valence-corrected chi connectivity index (χ2v) is 5.72. The third-order valence-corrected chi connectivity index (χ3v) is 4.43. The Bertz CT molecular complexity index is 311. The van der Waals surface area contributed by atoms with E-state index in [1.54, 1.807) is 0 Å². The molecule has 0 aliphatic carbocycles. The van der Waals surface area contributed by atoms with Gasteiger partial charge in [0.25, 0.3) is 0 Å². The van der Waals surface area contributed by atoms with Gasteiger partial charge in [-0.15, -0.1) is 11.3 Å². The molecule has 0 radical (unpaired) electrons. The van der Waals surface area contributed by atoms with Crippen LogP contribution in [0.4, 0.5) is 0 Å². The first-order chi connectivity index (χ1) is 7.63. The van der Waals surface area contributed by atoms with E-state index in [0.717, 1.165) is 25.8 Å². The molecule has 16 heavy (non-hydrogen) atoms. The zero-order valence-corrected chi connectivity index (χ0v) is 11.4. The highest BCUT2D eigenvalue weighted by Crippen LogP contribution is 2.19. The van der Waals surface area contributed by atoms with E-state index in [9.17, 15) is 0 Å². The molecule has 92 valence electrons.